The SMILES string of the molecule is Cc1ccc(C)n1-c1ccc(Cl)c(C(=O)NNC(=O)C2CCCO2)c1. The quantitative estimate of drug-likeness (QED) is 0.825. The molecule has 2 heterocycles. The largest absolute Gasteiger partial charge is 0.368 e. The van der Waals surface area contributed by atoms with E-state index < -0.39 is 12.0 Å². The van der Waals surface area contributed by atoms with Crippen LogP contribution >= 0.6 is 11.6 Å². The van der Waals surface area contributed by atoms with E-state index in [4.69, 9.17) is 16.3 Å². The number of hydrazine groups is 1. The number of nitrogens with zero attached hydrogens (tertiary/aromatic N) is 1. The summed E-state index contributed by atoms with van der Waals surface area (Å²) in [6.07, 6.45) is 0.992. The zero-order valence-electron chi connectivity index (χ0n) is 14.1. The number of nitrogens with one attached hydrogen (secondary N) is 2. The van der Waals surface area contributed by atoms with Gasteiger partial charge in [-0.2, -0.15) is 0 Å². The van der Waals surface area contributed by atoms with Crippen molar-refractivity contribution in [1.82, 2.24) is 15.4 Å². The lowest BCUT2D eigenvalue weighted by Gasteiger charge is -2.14. The fraction of sp³-hybridized carbons (Fsp3) is 0.333. The smallest absolute Gasteiger partial charge is 0.271 e. The summed E-state index contributed by atoms with van der Waals surface area (Å²) in [5, 5.41) is 0.315. The topological polar surface area (TPSA) is 72.4 Å². The van der Waals surface area contributed by atoms with Gasteiger partial charge in [-0.05, 0) is 57.0 Å². The number of aryl methyl sites for hydroxylation is 2. The summed E-state index contributed by atoms with van der Waals surface area (Å²) in [7, 11) is 0. The lowest BCUT2D eigenvalue weighted by molar-refractivity contribution is -0.130. The van der Waals surface area contributed by atoms with Crippen LogP contribution in [0, 0.1) is 13.8 Å². The summed E-state index contributed by atoms with van der Waals surface area (Å²) >= 11 is 6.17. The summed E-state index contributed by atoms with van der Waals surface area (Å²) < 4.78 is 7.30. The van der Waals surface area contributed by atoms with E-state index in [0.717, 1.165) is 23.5 Å². The molecule has 2 N–H and O–H groups in total. The third-order valence-electron chi connectivity index (χ3n) is 4.25. The summed E-state index contributed by atoms with van der Waals surface area (Å²) in [6.45, 7) is 4.54. The van der Waals surface area contributed by atoms with Crippen LogP contribution in [-0.2, 0) is 9.53 Å². The highest BCUT2D eigenvalue weighted by Crippen LogP contribution is 2.23. The van der Waals surface area contributed by atoms with Gasteiger partial charge in [0.2, 0.25) is 0 Å². The first-order valence-electron chi connectivity index (χ1n) is 8.14. The first-order chi connectivity index (χ1) is 12.0. The molecule has 0 saturated carbocycles. The van der Waals surface area contributed by atoms with Gasteiger partial charge in [-0.25, -0.2) is 0 Å². The number of ether oxygens (including phenoxy) is 1. The summed E-state index contributed by atoms with van der Waals surface area (Å²) in [4.78, 5) is 24.3. The first-order valence-corrected chi connectivity index (χ1v) is 8.52. The fourth-order valence-electron chi connectivity index (χ4n) is 2.95. The fourth-order valence-corrected chi connectivity index (χ4v) is 3.16. The van der Waals surface area contributed by atoms with Crippen LogP contribution in [0.25, 0.3) is 5.69 Å². The van der Waals surface area contributed by atoms with E-state index in [-0.39, 0.29) is 5.91 Å². The molecule has 1 saturated heterocycles. The molecule has 1 fully saturated rings. The molecule has 3 rings (SSSR count). The molecule has 132 valence electrons. The van der Waals surface area contributed by atoms with Crippen LogP contribution in [0.4, 0.5) is 0 Å². The normalized spacial score (nSPS) is 16.7. The summed E-state index contributed by atoms with van der Waals surface area (Å²) in [6, 6.07) is 9.24. The maximum Gasteiger partial charge on any atom is 0.271 e. The van der Waals surface area contributed by atoms with Gasteiger partial charge in [0, 0.05) is 23.7 Å². The van der Waals surface area contributed by atoms with Gasteiger partial charge in [-0.3, -0.25) is 20.4 Å². The van der Waals surface area contributed by atoms with Crippen molar-refractivity contribution < 1.29 is 14.3 Å². The van der Waals surface area contributed by atoms with Crippen molar-refractivity contribution in [3.05, 3.63) is 52.3 Å². The number of halogens is 1. The van der Waals surface area contributed by atoms with E-state index in [9.17, 15) is 9.59 Å². The molecule has 0 aliphatic carbocycles. The number of benzene rings is 1. The molecular weight excluding hydrogens is 342 g/mol. The van der Waals surface area contributed by atoms with E-state index in [1.165, 1.54) is 0 Å². The zero-order valence-corrected chi connectivity index (χ0v) is 14.9. The number of hydrogen-bond donors (Lipinski definition) is 2. The lowest BCUT2D eigenvalue weighted by Crippen LogP contribution is -2.46. The Morgan fingerprint density at radius 2 is 1.88 bits per heavy atom. The Bertz CT molecular complexity index is 790. The minimum Gasteiger partial charge on any atom is -0.368 e. The van der Waals surface area contributed by atoms with Gasteiger partial charge < -0.3 is 9.30 Å². The van der Waals surface area contributed by atoms with Crippen molar-refractivity contribution in [2.24, 2.45) is 0 Å². The minimum atomic E-state index is -0.507. The number of carbonyl (C=O) groups excluding carboxylic acids is 2. The average molecular weight is 362 g/mol. The monoisotopic (exact) mass is 361 g/mol. The number of aromatic nitrogens is 1. The molecule has 7 heteroatoms. The molecule has 2 amide bonds. The molecule has 1 unspecified atom stereocenters. The second-order valence-corrected chi connectivity index (χ2v) is 6.47. The Morgan fingerprint density at radius 3 is 2.52 bits per heavy atom. The molecule has 1 aromatic carbocycles. The van der Waals surface area contributed by atoms with Crippen molar-refractivity contribution in [2.75, 3.05) is 6.61 Å². The predicted molar refractivity (Wildman–Crippen MR) is 94.8 cm³/mol. The minimum absolute atomic E-state index is 0.291. The van der Waals surface area contributed by atoms with Crippen LogP contribution in [0.2, 0.25) is 5.02 Å². The van der Waals surface area contributed by atoms with E-state index >= 15 is 0 Å². The predicted octanol–water partition coefficient (Wildman–Crippen LogP) is 2.69. The van der Waals surface area contributed by atoms with Gasteiger partial charge in [-0.15, -0.1) is 0 Å². The van der Waals surface area contributed by atoms with Gasteiger partial charge in [-0.1, -0.05) is 11.6 Å². The summed E-state index contributed by atoms with van der Waals surface area (Å²) in [5.41, 5.74) is 8.04. The molecule has 2 aromatic rings. The molecule has 0 bridgehead atoms. The molecule has 25 heavy (non-hydrogen) atoms. The highest BCUT2D eigenvalue weighted by molar-refractivity contribution is 6.33. The van der Waals surface area contributed by atoms with E-state index in [0.29, 0.717) is 23.6 Å². The third-order valence-corrected chi connectivity index (χ3v) is 4.57. The molecule has 1 atom stereocenters. The second-order valence-electron chi connectivity index (χ2n) is 6.06. The Kier molecular flexibility index (Phi) is 5.11. The van der Waals surface area contributed by atoms with Gasteiger partial charge in [0.25, 0.3) is 11.8 Å². The van der Waals surface area contributed by atoms with Gasteiger partial charge in [0.1, 0.15) is 6.10 Å². The maximum absolute atomic E-state index is 12.4. The van der Waals surface area contributed by atoms with E-state index in [1.54, 1.807) is 12.1 Å². The van der Waals surface area contributed by atoms with Crippen LogP contribution in [0.1, 0.15) is 34.6 Å². The molecule has 1 aromatic heterocycles. The van der Waals surface area contributed by atoms with Crippen LogP contribution in [-0.4, -0.2) is 29.1 Å². The van der Waals surface area contributed by atoms with Crippen molar-refractivity contribution >= 4 is 23.4 Å². The molecule has 1 aliphatic rings. The van der Waals surface area contributed by atoms with Crippen molar-refractivity contribution in [3.63, 3.8) is 0 Å². The molecule has 6 nitrogen and oxygen atoms in total. The van der Waals surface area contributed by atoms with Gasteiger partial charge >= 0.3 is 0 Å². The highest BCUT2D eigenvalue weighted by atomic mass is 35.5. The Hall–Kier alpha value is -2.31. The molecule has 0 radical (unpaired) electrons. The van der Waals surface area contributed by atoms with Crippen LogP contribution in [0.5, 0.6) is 0 Å². The van der Waals surface area contributed by atoms with Crippen LogP contribution < -0.4 is 10.9 Å². The molecular formula is C18H20ClN3O3. The standard InChI is InChI=1S/C18H20ClN3O3/c1-11-5-6-12(2)22(11)13-7-8-15(19)14(10-13)17(23)20-21-18(24)16-4-3-9-25-16/h5-8,10,16H,3-4,9H2,1-2H3,(H,20,23)(H,21,24). The maximum atomic E-state index is 12.4. The number of hydrogen-bond acceptors (Lipinski definition) is 3. The third kappa shape index (κ3) is 3.70. The van der Waals surface area contributed by atoms with E-state index in [1.807, 2.05) is 36.6 Å². The Morgan fingerprint density at radius 1 is 1.16 bits per heavy atom. The summed E-state index contributed by atoms with van der Waals surface area (Å²) in [5.74, 6) is -0.823. The Labute approximate surface area is 151 Å². The lowest BCUT2D eigenvalue weighted by atomic mass is 10.2. The van der Waals surface area contributed by atoms with Crippen molar-refractivity contribution in [3.8, 4) is 5.69 Å². The van der Waals surface area contributed by atoms with Gasteiger partial charge in [0.05, 0.1) is 10.6 Å². The zero-order chi connectivity index (χ0) is 18.0. The molecule has 0 spiro atoms. The van der Waals surface area contributed by atoms with Crippen molar-refractivity contribution in [1.29, 1.82) is 0 Å². The molecule has 1 aliphatic heterocycles. The van der Waals surface area contributed by atoms with Crippen LogP contribution in [0.15, 0.2) is 30.3 Å². The Balaban J connectivity index is 1.76. The number of amides is 2. The van der Waals surface area contributed by atoms with Crippen LogP contribution in [0.3, 0.4) is 0 Å². The number of carbonyl (C=O) groups is 2. The van der Waals surface area contributed by atoms with E-state index in [2.05, 4.69) is 10.9 Å². The van der Waals surface area contributed by atoms with Crippen molar-refractivity contribution in [2.45, 2.75) is 32.8 Å². The van der Waals surface area contributed by atoms with Gasteiger partial charge in [0.15, 0.2) is 0 Å². The first kappa shape index (κ1) is 17.5. The average Bonchev–Trinajstić information content (AvgIpc) is 3.24. The second kappa shape index (κ2) is 7.29. The highest BCUT2D eigenvalue weighted by Gasteiger charge is 2.24. The number of rotatable bonds is 3.